The average molecular weight is 367 g/mol. The fraction of sp³-hybridized carbons (Fsp3) is 0.125. The van der Waals surface area contributed by atoms with Crippen LogP contribution in [0, 0.1) is 11.6 Å². The van der Waals surface area contributed by atoms with E-state index in [9.17, 15) is 26.8 Å². The lowest BCUT2D eigenvalue weighted by Gasteiger charge is -2.15. The van der Waals surface area contributed by atoms with Crippen molar-refractivity contribution in [1.82, 2.24) is 4.31 Å². The normalized spacial score (nSPS) is 15.1. The lowest BCUT2D eigenvalue weighted by atomic mass is 10.2. The van der Waals surface area contributed by atoms with Gasteiger partial charge in [-0.3, -0.25) is 4.79 Å². The molecule has 25 heavy (non-hydrogen) atoms. The van der Waals surface area contributed by atoms with E-state index in [-0.39, 0.29) is 10.5 Å². The molecule has 0 spiro atoms. The van der Waals surface area contributed by atoms with Crippen LogP contribution in [0.2, 0.25) is 0 Å². The number of hydrogen-bond donors (Lipinski definition) is 0. The van der Waals surface area contributed by atoms with Crippen molar-refractivity contribution in [3.63, 3.8) is 0 Å². The summed E-state index contributed by atoms with van der Waals surface area (Å²) in [6.07, 6.45) is 0. The van der Waals surface area contributed by atoms with E-state index in [2.05, 4.69) is 0 Å². The highest BCUT2D eigenvalue weighted by Crippen LogP contribution is 2.29. The summed E-state index contributed by atoms with van der Waals surface area (Å²) in [7, 11) is -4.00. The number of benzene rings is 2. The number of hydrogen-bond acceptors (Lipinski definition) is 5. The summed E-state index contributed by atoms with van der Waals surface area (Å²) >= 11 is 0. The number of amides is 1. The first-order chi connectivity index (χ1) is 11.8. The Bertz CT molecular complexity index is 974. The van der Waals surface area contributed by atoms with E-state index in [0.29, 0.717) is 10.4 Å². The number of halogens is 2. The topological polar surface area (TPSA) is 80.8 Å². The molecular weight excluding hydrogens is 356 g/mol. The molecule has 1 aliphatic rings. The molecule has 0 aliphatic carbocycles. The van der Waals surface area contributed by atoms with Crippen LogP contribution >= 0.6 is 0 Å². The maximum absolute atomic E-state index is 13.5. The Labute approximate surface area is 141 Å². The molecule has 2 aromatic rings. The van der Waals surface area contributed by atoms with Crippen LogP contribution in [-0.2, 0) is 14.8 Å². The molecule has 1 amide bonds. The predicted octanol–water partition coefficient (Wildman–Crippen LogP) is 1.97. The third-order valence-corrected chi connectivity index (χ3v) is 5.43. The molecule has 1 aliphatic heterocycles. The molecule has 0 saturated heterocycles. The fourth-order valence-electron chi connectivity index (χ4n) is 2.41. The minimum atomic E-state index is -4.00. The molecule has 0 aromatic heterocycles. The standard InChI is InChI=1S/C16H11F2NO5S/c17-10-5-6-11(13(18)9-10)16(21)24-8-7-19-15(20)12-3-1-2-4-14(12)25(19,22)23/h1-6,9H,7-8H2. The van der Waals surface area contributed by atoms with Crippen molar-refractivity contribution in [2.45, 2.75) is 4.90 Å². The van der Waals surface area contributed by atoms with Gasteiger partial charge in [-0.2, -0.15) is 0 Å². The van der Waals surface area contributed by atoms with Gasteiger partial charge in [-0.05, 0) is 24.3 Å². The predicted molar refractivity (Wildman–Crippen MR) is 81.3 cm³/mol. The molecule has 2 aromatic carbocycles. The Morgan fingerprint density at radius 2 is 1.84 bits per heavy atom. The van der Waals surface area contributed by atoms with Crippen LogP contribution in [0.3, 0.4) is 0 Å². The molecule has 0 saturated carbocycles. The van der Waals surface area contributed by atoms with Gasteiger partial charge in [0.1, 0.15) is 23.1 Å². The lowest BCUT2D eigenvalue weighted by molar-refractivity contribution is 0.0472. The second-order valence-electron chi connectivity index (χ2n) is 5.14. The fourth-order valence-corrected chi connectivity index (χ4v) is 3.96. The third-order valence-electron chi connectivity index (χ3n) is 3.59. The van der Waals surface area contributed by atoms with Crippen molar-refractivity contribution in [3.05, 3.63) is 65.2 Å². The van der Waals surface area contributed by atoms with Gasteiger partial charge in [0.2, 0.25) is 0 Å². The van der Waals surface area contributed by atoms with Crippen LogP contribution < -0.4 is 0 Å². The van der Waals surface area contributed by atoms with Crippen molar-refractivity contribution in [1.29, 1.82) is 0 Å². The molecule has 0 radical (unpaired) electrons. The molecular formula is C16H11F2NO5S. The number of sulfonamides is 1. The Balaban J connectivity index is 1.69. The lowest BCUT2D eigenvalue weighted by Crippen LogP contribution is -2.33. The minimum Gasteiger partial charge on any atom is -0.460 e. The van der Waals surface area contributed by atoms with Crippen LogP contribution in [0.15, 0.2) is 47.4 Å². The van der Waals surface area contributed by atoms with Crippen molar-refractivity contribution < 1.29 is 31.5 Å². The largest absolute Gasteiger partial charge is 0.460 e. The molecule has 0 unspecified atom stereocenters. The van der Waals surface area contributed by atoms with Crippen LogP contribution in [0.1, 0.15) is 20.7 Å². The SMILES string of the molecule is O=C(OCCN1C(=O)c2ccccc2S1(=O)=O)c1ccc(F)cc1F. The van der Waals surface area contributed by atoms with Gasteiger partial charge in [-0.1, -0.05) is 12.1 Å². The molecule has 0 fully saturated rings. The quantitative estimate of drug-likeness (QED) is 0.772. The zero-order valence-corrected chi connectivity index (χ0v) is 13.4. The van der Waals surface area contributed by atoms with Gasteiger partial charge in [0.25, 0.3) is 15.9 Å². The van der Waals surface area contributed by atoms with Crippen molar-refractivity contribution in [2.75, 3.05) is 13.2 Å². The van der Waals surface area contributed by atoms with E-state index >= 15 is 0 Å². The van der Waals surface area contributed by atoms with Crippen molar-refractivity contribution in [2.24, 2.45) is 0 Å². The second kappa shape index (κ2) is 6.25. The summed E-state index contributed by atoms with van der Waals surface area (Å²) < 4.78 is 56.3. The third kappa shape index (κ3) is 2.98. The summed E-state index contributed by atoms with van der Waals surface area (Å²) in [5.41, 5.74) is -0.446. The van der Waals surface area contributed by atoms with Crippen LogP contribution in [0.4, 0.5) is 8.78 Å². The number of fused-ring (bicyclic) bond motifs is 1. The average Bonchev–Trinajstić information content (AvgIpc) is 2.76. The zero-order valence-electron chi connectivity index (χ0n) is 12.6. The highest BCUT2D eigenvalue weighted by atomic mass is 32.2. The summed E-state index contributed by atoms with van der Waals surface area (Å²) in [5, 5.41) is 0. The maximum atomic E-state index is 13.5. The van der Waals surface area contributed by atoms with Crippen molar-refractivity contribution >= 4 is 21.9 Å². The Kier molecular flexibility index (Phi) is 4.25. The number of esters is 1. The monoisotopic (exact) mass is 367 g/mol. The van der Waals surface area contributed by atoms with E-state index < -0.39 is 52.2 Å². The molecule has 9 heteroatoms. The Hall–Kier alpha value is -2.81. The van der Waals surface area contributed by atoms with E-state index in [1.165, 1.54) is 24.3 Å². The smallest absolute Gasteiger partial charge is 0.341 e. The molecule has 0 N–H and O–H groups in total. The highest BCUT2D eigenvalue weighted by Gasteiger charge is 2.40. The number of carbonyl (C=O) groups is 2. The van der Waals surface area contributed by atoms with E-state index in [1.807, 2.05) is 0 Å². The zero-order chi connectivity index (χ0) is 18.2. The first kappa shape index (κ1) is 17.0. The van der Waals surface area contributed by atoms with Crippen molar-refractivity contribution in [3.8, 4) is 0 Å². The first-order valence-electron chi connectivity index (χ1n) is 7.10. The molecule has 0 atom stereocenters. The molecule has 130 valence electrons. The number of rotatable bonds is 4. The van der Waals surface area contributed by atoms with Gasteiger partial charge in [-0.15, -0.1) is 0 Å². The summed E-state index contributed by atoms with van der Waals surface area (Å²) in [6.45, 7) is -0.876. The van der Waals surface area contributed by atoms with Gasteiger partial charge in [0.15, 0.2) is 0 Å². The van der Waals surface area contributed by atoms with E-state index in [4.69, 9.17) is 4.74 Å². The summed E-state index contributed by atoms with van der Waals surface area (Å²) in [5.74, 6) is -3.75. The Morgan fingerprint density at radius 3 is 2.52 bits per heavy atom. The van der Waals surface area contributed by atoms with Gasteiger partial charge in [-0.25, -0.2) is 26.3 Å². The molecule has 1 heterocycles. The first-order valence-corrected chi connectivity index (χ1v) is 8.54. The van der Waals surface area contributed by atoms with Gasteiger partial charge in [0.05, 0.1) is 17.7 Å². The summed E-state index contributed by atoms with van der Waals surface area (Å²) in [4.78, 5) is 23.8. The maximum Gasteiger partial charge on any atom is 0.341 e. The van der Waals surface area contributed by atoms with E-state index in [1.54, 1.807) is 0 Å². The van der Waals surface area contributed by atoms with Crippen LogP contribution in [0.5, 0.6) is 0 Å². The summed E-state index contributed by atoms with van der Waals surface area (Å²) in [6, 6.07) is 8.06. The van der Waals surface area contributed by atoms with Gasteiger partial charge in [0, 0.05) is 6.07 Å². The Morgan fingerprint density at radius 1 is 1.12 bits per heavy atom. The number of carbonyl (C=O) groups excluding carboxylic acids is 2. The molecule has 0 bridgehead atoms. The molecule has 3 rings (SSSR count). The van der Waals surface area contributed by atoms with Crippen LogP contribution in [0.25, 0.3) is 0 Å². The highest BCUT2D eigenvalue weighted by molar-refractivity contribution is 7.90. The van der Waals surface area contributed by atoms with Gasteiger partial charge >= 0.3 is 5.97 Å². The number of ether oxygens (including phenoxy) is 1. The number of nitrogens with zero attached hydrogens (tertiary/aromatic N) is 1. The van der Waals surface area contributed by atoms with E-state index in [0.717, 1.165) is 12.1 Å². The molecule has 6 nitrogen and oxygen atoms in total. The second-order valence-corrected chi connectivity index (χ2v) is 6.97. The minimum absolute atomic E-state index is 0.0402. The van der Waals surface area contributed by atoms with Crippen LogP contribution in [-0.4, -0.2) is 37.8 Å². The van der Waals surface area contributed by atoms with Gasteiger partial charge < -0.3 is 4.74 Å².